The van der Waals surface area contributed by atoms with Crippen LogP contribution in [0.1, 0.15) is 30.1 Å². The summed E-state index contributed by atoms with van der Waals surface area (Å²) in [5.41, 5.74) is 5.49. The first-order chi connectivity index (χ1) is 12.0. The SMILES string of the molecule is COc1cc(C(=O)NC2CCCNC2C)cc(OC)c1OCC(N)=O. The molecule has 1 aliphatic rings. The van der Waals surface area contributed by atoms with E-state index in [1.165, 1.54) is 14.2 Å². The van der Waals surface area contributed by atoms with E-state index in [-0.39, 0.29) is 30.3 Å². The van der Waals surface area contributed by atoms with Gasteiger partial charge >= 0.3 is 0 Å². The maximum Gasteiger partial charge on any atom is 0.255 e. The highest BCUT2D eigenvalue weighted by Gasteiger charge is 2.24. The molecule has 8 heteroatoms. The highest BCUT2D eigenvalue weighted by atomic mass is 16.5. The van der Waals surface area contributed by atoms with Gasteiger partial charge in [0.05, 0.1) is 14.2 Å². The van der Waals surface area contributed by atoms with Gasteiger partial charge in [-0.05, 0) is 38.4 Å². The lowest BCUT2D eigenvalue weighted by Crippen LogP contribution is -2.51. The highest BCUT2D eigenvalue weighted by Crippen LogP contribution is 2.38. The van der Waals surface area contributed by atoms with Gasteiger partial charge in [-0.1, -0.05) is 0 Å². The Hall–Kier alpha value is -2.48. The van der Waals surface area contributed by atoms with Crippen molar-refractivity contribution < 1.29 is 23.8 Å². The normalized spacial score (nSPS) is 19.8. The van der Waals surface area contributed by atoms with Gasteiger partial charge in [0.15, 0.2) is 18.1 Å². The van der Waals surface area contributed by atoms with Gasteiger partial charge in [-0.25, -0.2) is 0 Å². The number of primary amides is 1. The lowest BCUT2D eigenvalue weighted by Gasteiger charge is -2.30. The van der Waals surface area contributed by atoms with Crippen LogP contribution in [-0.2, 0) is 4.79 Å². The summed E-state index contributed by atoms with van der Waals surface area (Å²) in [6, 6.07) is 3.37. The summed E-state index contributed by atoms with van der Waals surface area (Å²) in [5.74, 6) is -0.0301. The zero-order chi connectivity index (χ0) is 18.4. The molecule has 1 saturated heterocycles. The molecule has 2 rings (SSSR count). The van der Waals surface area contributed by atoms with Gasteiger partial charge in [0, 0.05) is 17.6 Å². The van der Waals surface area contributed by atoms with Crippen LogP contribution in [0.2, 0.25) is 0 Å². The zero-order valence-electron chi connectivity index (χ0n) is 14.8. The maximum atomic E-state index is 12.6. The number of methoxy groups -OCH3 is 2. The lowest BCUT2D eigenvalue weighted by atomic mass is 9.99. The fraction of sp³-hybridized carbons (Fsp3) is 0.529. The largest absolute Gasteiger partial charge is 0.493 e. The summed E-state index contributed by atoms with van der Waals surface area (Å²) in [6.45, 7) is 2.69. The quantitative estimate of drug-likeness (QED) is 0.657. The molecule has 138 valence electrons. The summed E-state index contributed by atoms with van der Waals surface area (Å²) in [5, 5.41) is 6.37. The van der Waals surface area contributed by atoms with Gasteiger partial charge in [0.2, 0.25) is 5.75 Å². The van der Waals surface area contributed by atoms with Crippen molar-refractivity contribution in [3.8, 4) is 17.2 Å². The van der Waals surface area contributed by atoms with E-state index in [4.69, 9.17) is 19.9 Å². The molecule has 1 aromatic carbocycles. The van der Waals surface area contributed by atoms with E-state index in [2.05, 4.69) is 10.6 Å². The van der Waals surface area contributed by atoms with Crippen molar-refractivity contribution in [2.45, 2.75) is 31.8 Å². The Morgan fingerprint density at radius 2 is 1.92 bits per heavy atom. The Morgan fingerprint density at radius 3 is 2.44 bits per heavy atom. The molecule has 0 radical (unpaired) electrons. The predicted molar refractivity (Wildman–Crippen MR) is 92.2 cm³/mol. The number of hydrogen-bond acceptors (Lipinski definition) is 6. The Morgan fingerprint density at radius 1 is 1.28 bits per heavy atom. The Bertz CT molecular complexity index is 610. The molecule has 1 aromatic rings. The molecule has 0 aromatic heterocycles. The maximum absolute atomic E-state index is 12.6. The van der Waals surface area contributed by atoms with Gasteiger partial charge in [-0.2, -0.15) is 0 Å². The van der Waals surface area contributed by atoms with Crippen LogP contribution in [-0.4, -0.2) is 51.3 Å². The molecule has 1 heterocycles. The molecule has 4 N–H and O–H groups in total. The fourth-order valence-corrected chi connectivity index (χ4v) is 2.79. The van der Waals surface area contributed by atoms with Gasteiger partial charge in [-0.3, -0.25) is 9.59 Å². The first kappa shape index (κ1) is 18.9. The Balaban J connectivity index is 2.22. The van der Waals surface area contributed by atoms with Crippen LogP contribution in [0.4, 0.5) is 0 Å². The van der Waals surface area contributed by atoms with E-state index in [0.717, 1.165) is 19.4 Å². The van der Waals surface area contributed by atoms with E-state index in [9.17, 15) is 9.59 Å². The molecule has 0 bridgehead atoms. The molecule has 8 nitrogen and oxygen atoms in total. The second-order valence-electron chi connectivity index (χ2n) is 5.93. The second-order valence-corrected chi connectivity index (χ2v) is 5.93. The third-order valence-electron chi connectivity index (χ3n) is 4.16. The monoisotopic (exact) mass is 351 g/mol. The molecule has 25 heavy (non-hydrogen) atoms. The summed E-state index contributed by atoms with van der Waals surface area (Å²) in [7, 11) is 2.89. The molecule has 0 aliphatic carbocycles. The molecule has 2 amide bonds. The number of carbonyl (C=O) groups is 2. The first-order valence-corrected chi connectivity index (χ1v) is 8.17. The van der Waals surface area contributed by atoms with Crippen LogP contribution in [0.3, 0.4) is 0 Å². The van der Waals surface area contributed by atoms with E-state index in [1.54, 1.807) is 12.1 Å². The number of rotatable bonds is 7. The zero-order valence-corrected chi connectivity index (χ0v) is 14.8. The summed E-state index contributed by atoms with van der Waals surface area (Å²) in [6.07, 6.45) is 1.94. The summed E-state index contributed by atoms with van der Waals surface area (Å²) < 4.78 is 15.9. The number of nitrogens with two attached hydrogens (primary N) is 1. The summed E-state index contributed by atoms with van der Waals surface area (Å²) in [4.78, 5) is 23.6. The van der Waals surface area contributed by atoms with E-state index in [1.807, 2.05) is 6.92 Å². The average Bonchev–Trinajstić information content (AvgIpc) is 2.60. The van der Waals surface area contributed by atoms with Crippen LogP contribution in [0.5, 0.6) is 17.2 Å². The minimum atomic E-state index is -0.621. The molecule has 1 fully saturated rings. The molecule has 0 spiro atoms. The number of carbonyl (C=O) groups excluding carboxylic acids is 2. The predicted octanol–water partition coefficient (Wildman–Crippen LogP) is 0.438. The highest BCUT2D eigenvalue weighted by molar-refractivity contribution is 5.96. The minimum Gasteiger partial charge on any atom is -0.493 e. The number of ether oxygens (including phenoxy) is 3. The average molecular weight is 351 g/mol. The van der Waals surface area contributed by atoms with Gasteiger partial charge < -0.3 is 30.6 Å². The minimum absolute atomic E-state index is 0.0593. The number of piperidine rings is 1. The van der Waals surface area contributed by atoms with Gasteiger partial charge in [0.1, 0.15) is 0 Å². The van der Waals surface area contributed by atoms with Gasteiger partial charge in [0.25, 0.3) is 11.8 Å². The third kappa shape index (κ3) is 4.76. The van der Waals surface area contributed by atoms with Crippen molar-refractivity contribution >= 4 is 11.8 Å². The van der Waals surface area contributed by atoms with Crippen LogP contribution in [0.15, 0.2) is 12.1 Å². The second kappa shape index (κ2) is 8.57. The first-order valence-electron chi connectivity index (χ1n) is 8.17. The van der Waals surface area contributed by atoms with Crippen LogP contribution < -0.4 is 30.6 Å². The molecular weight excluding hydrogens is 326 g/mol. The Labute approximate surface area is 147 Å². The molecule has 2 atom stereocenters. The number of benzene rings is 1. The van der Waals surface area contributed by atoms with Crippen molar-refractivity contribution in [2.75, 3.05) is 27.4 Å². The lowest BCUT2D eigenvalue weighted by molar-refractivity contribution is -0.120. The fourth-order valence-electron chi connectivity index (χ4n) is 2.79. The van der Waals surface area contributed by atoms with Crippen molar-refractivity contribution in [1.82, 2.24) is 10.6 Å². The molecular formula is C17H25N3O5. The number of nitrogens with one attached hydrogen (secondary N) is 2. The third-order valence-corrected chi connectivity index (χ3v) is 4.16. The van der Waals surface area contributed by atoms with E-state index < -0.39 is 5.91 Å². The topological polar surface area (TPSA) is 112 Å². The van der Waals surface area contributed by atoms with Crippen LogP contribution >= 0.6 is 0 Å². The van der Waals surface area contributed by atoms with E-state index in [0.29, 0.717) is 17.1 Å². The van der Waals surface area contributed by atoms with Crippen LogP contribution in [0, 0.1) is 0 Å². The van der Waals surface area contributed by atoms with Crippen molar-refractivity contribution in [1.29, 1.82) is 0 Å². The van der Waals surface area contributed by atoms with Crippen LogP contribution in [0.25, 0.3) is 0 Å². The van der Waals surface area contributed by atoms with E-state index >= 15 is 0 Å². The van der Waals surface area contributed by atoms with Crippen molar-refractivity contribution in [2.24, 2.45) is 5.73 Å². The van der Waals surface area contributed by atoms with Crippen molar-refractivity contribution in [3.63, 3.8) is 0 Å². The van der Waals surface area contributed by atoms with Crippen molar-refractivity contribution in [3.05, 3.63) is 17.7 Å². The smallest absolute Gasteiger partial charge is 0.255 e. The number of amides is 2. The Kier molecular flexibility index (Phi) is 6.46. The molecule has 0 saturated carbocycles. The van der Waals surface area contributed by atoms with Gasteiger partial charge in [-0.15, -0.1) is 0 Å². The molecule has 2 unspecified atom stereocenters. The number of hydrogen-bond donors (Lipinski definition) is 3. The standard InChI is InChI=1S/C17H25N3O5/c1-10-12(5-4-6-19-10)20-17(22)11-7-13(23-2)16(14(8-11)24-3)25-9-15(18)21/h7-8,10,12,19H,4-6,9H2,1-3H3,(H2,18,21)(H,20,22). The summed E-state index contributed by atoms with van der Waals surface area (Å²) >= 11 is 0. The molecule has 1 aliphatic heterocycles.